The third kappa shape index (κ3) is 2.97. The molecule has 0 radical (unpaired) electrons. The molecule has 1 aliphatic rings. The molecule has 0 amide bonds. The number of nitrogens with two attached hydrogens (primary N) is 1. The van der Waals surface area contributed by atoms with E-state index in [9.17, 15) is 8.42 Å². The van der Waals surface area contributed by atoms with Crippen LogP contribution in [-0.4, -0.2) is 25.8 Å². The highest BCUT2D eigenvalue weighted by Gasteiger charge is 2.31. The van der Waals surface area contributed by atoms with Gasteiger partial charge in [0.2, 0.25) is 10.0 Å². The van der Waals surface area contributed by atoms with Crippen molar-refractivity contribution in [2.24, 2.45) is 5.73 Å². The Kier molecular flexibility index (Phi) is 4.97. The van der Waals surface area contributed by atoms with Crippen molar-refractivity contribution in [3.8, 4) is 0 Å². The Labute approximate surface area is 129 Å². The van der Waals surface area contributed by atoms with Crippen LogP contribution in [0.25, 0.3) is 0 Å². The molecule has 0 heterocycles. The van der Waals surface area contributed by atoms with Crippen LogP contribution in [0, 0.1) is 0 Å². The molecule has 1 aromatic carbocycles. The van der Waals surface area contributed by atoms with Crippen LogP contribution >= 0.6 is 23.2 Å². The first-order valence-corrected chi connectivity index (χ1v) is 8.73. The molecule has 0 atom stereocenters. The van der Waals surface area contributed by atoms with Crippen LogP contribution in [0.4, 0.5) is 0 Å². The lowest BCUT2D eigenvalue weighted by Crippen LogP contribution is -2.35. The summed E-state index contributed by atoms with van der Waals surface area (Å²) in [4.78, 5) is 0.0819. The minimum absolute atomic E-state index is 0.0491. The van der Waals surface area contributed by atoms with E-state index >= 15 is 0 Å². The van der Waals surface area contributed by atoms with Gasteiger partial charge < -0.3 is 5.73 Å². The van der Waals surface area contributed by atoms with Crippen molar-refractivity contribution in [2.45, 2.75) is 43.2 Å². The van der Waals surface area contributed by atoms with E-state index in [1.54, 1.807) is 7.05 Å². The molecule has 1 fully saturated rings. The van der Waals surface area contributed by atoms with Gasteiger partial charge in [0, 0.05) is 24.7 Å². The van der Waals surface area contributed by atoms with E-state index in [-0.39, 0.29) is 22.5 Å². The van der Waals surface area contributed by atoms with Crippen LogP contribution < -0.4 is 5.73 Å². The quantitative estimate of drug-likeness (QED) is 0.919. The predicted molar refractivity (Wildman–Crippen MR) is 81.6 cm³/mol. The maximum Gasteiger partial charge on any atom is 0.244 e. The first-order valence-electron chi connectivity index (χ1n) is 6.54. The fourth-order valence-corrected chi connectivity index (χ4v) is 4.81. The van der Waals surface area contributed by atoms with Gasteiger partial charge in [0.15, 0.2) is 0 Å². The minimum Gasteiger partial charge on any atom is -0.326 e. The highest BCUT2D eigenvalue weighted by atomic mass is 35.5. The largest absolute Gasteiger partial charge is 0.326 e. The zero-order valence-electron chi connectivity index (χ0n) is 11.3. The second-order valence-corrected chi connectivity index (χ2v) is 7.82. The Morgan fingerprint density at radius 1 is 1.25 bits per heavy atom. The molecule has 0 bridgehead atoms. The summed E-state index contributed by atoms with van der Waals surface area (Å²) in [6.07, 6.45) is 3.91. The van der Waals surface area contributed by atoms with E-state index in [4.69, 9.17) is 28.9 Å². The average molecular weight is 337 g/mol. The van der Waals surface area contributed by atoms with Gasteiger partial charge in [0.05, 0.1) is 5.02 Å². The maximum atomic E-state index is 12.7. The first-order chi connectivity index (χ1) is 9.37. The molecular weight excluding hydrogens is 319 g/mol. The number of hydrogen-bond donors (Lipinski definition) is 1. The molecule has 7 heteroatoms. The summed E-state index contributed by atoms with van der Waals surface area (Å²) in [5.41, 5.74) is 6.15. The van der Waals surface area contributed by atoms with Gasteiger partial charge in [-0.05, 0) is 30.5 Å². The van der Waals surface area contributed by atoms with Crippen LogP contribution in [0.1, 0.15) is 31.2 Å². The molecule has 0 saturated heterocycles. The molecule has 0 spiro atoms. The smallest absolute Gasteiger partial charge is 0.244 e. The van der Waals surface area contributed by atoms with Gasteiger partial charge in [-0.3, -0.25) is 0 Å². The average Bonchev–Trinajstić information content (AvgIpc) is 2.91. The van der Waals surface area contributed by atoms with E-state index in [2.05, 4.69) is 0 Å². The monoisotopic (exact) mass is 336 g/mol. The number of halogens is 2. The SMILES string of the molecule is CN(C1CCCC1)S(=O)(=O)c1cc(CN)c(Cl)cc1Cl. The molecule has 0 aromatic heterocycles. The molecule has 4 nitrogen and oxygen atoms in total. The molecule has 1 aliphatic carbocycles. The van der Waals surface area contributed by atoms with Gasteiger partial charge in [-0.1, -0.05) is 36.0 Å². The Morgan fingerprint density at radius 3 is 2.40 bits per heavy atom. The van der Waals surface area contributed by atoms with Crippen molar-refractivity contribution in [3.05, 3.63) is 27.7 Å². The summed E-state index contributed by atoms with van der Waals surface area (Å²) >= 11 is 12.0. The van der Waals surface area contributed by atoms with Crippen LogP contribution in [0.2, 0.25) is 10.0 Å². The molecule has 0 unspecified atom stereocenters. The summed E-state index contributed by atoms with van der Waals surface area (Å²) in [6.45, 7) is 0.172. The summed E-state index contributed by atoms with van der Waals surface area (Å²) in [5.74, 6) is 0. The Balaban J connectivity index is 2.43. The third-order valence-corrected chi connectivity index (χ3v) is 6.54. The second kappa shape index (κ2) is 6.20. The third-order valence-electron chi connectivity index (χ3n) is 3.82. The van der Waals surface area contributed by atoms with E-state index < -0.39 is 10.0 Å². The van der Waals surface area contributed by atoms with E-state index in [0.717, 1.165) is 25.7 Å². The lowest BCUT2D eigenvalue weighted by molar-refractivity contribution is 0.373. The van der Waals surface area contributed by atoms with Crippen molar-refractivity contribution in [3.63, 3.8) is 0 Å². The van der Waals surface area contributed by atoms with Crippen LogP contribution in [0.3, 0.4) is 0 Å². The highest BCUT2D eigenvalue weighted by molar-refractivity contribution is 7.89. The van der Waals surface area contributed by atoms with Crippen molar-refractivity contribution in [1.29, 1.82) is 0 Å². The van der Waals surface area contributed by atoms with Gasteiger partial charge in [-0.15, -0.1) is 0 Å². The van der Waals surface area contributed by atoms with Crippen LogP contribution in [0.15, 0.2) is 17.0 Å². The van der Waals surface area contributed by atoms with Crippen LogP contribution in [0.5, 0.6) is 0 Å². The number of sulfonamides is 1. The zero-order valence-corrected chi connectivity index (χ0v) is 13.6. The molecule has 0 aliphatic heterocycles. The number of rotatable bonds is 4. The Hall–Kier alpha value is -0.330. The van der Waals surface area contributed by atoms with Gasteiger partial charge in [-0.25, -0.2) is 8.42 Å². The summed E-state index contributed by atoms with van der Waals surface area (Å²) in [5, 5.41) is 0.525. The fraction of sp³-hybridized carbons (Fsp3) is 0.538. The molecule has 20 heavy (non-hydrogen) atoms. The number of benzene rings is 1. The summed E-state index contributed by atoms with van der Waals surface area (Å²) in [7, 11) is -2.01. The topological polar surface area (TPSA) is 63.4 Å². The lowest BCUT2D eigenvalue weighted by atomic mass is 10.2. The normalized spacial score (nSPS) is 17.1. The minimum atomic E-state index is -3.62. The van der Waals surface area contributed by atoms with Crippen molar-refractivity contribution in [1.82, 2.24) is 4.31 Å². The Morgan fingerprint density at radius 2 is 1.85 bits per heavy atom. The summed E-state index contributed by atoms with van der Waals surface area (Å²) < 4.78 is 26.8. The van der Waals surface area contributed by atoms with E-state index in [0.29, 0.717) is 10.6 Å². The van der Waals surface area contributed by atoms with Gasteiger partial charge in [0.1, 0.15) is 4.90 Å². The standard InChI is InChI=1S/C13H18Cl2N2O2S/c1-17(10-4-2-3-5-10)20(18,19)13-6-9(8-16)11(14)7-12(13)15/h6-7,10H,2-5,8,16H2,1H3. The number of hydrogen-bond acceptors (Lipinski definition) is 3. The fourth-order valence-electron chi connectivity index (χ4n) is 2.54. The molecular formula is C13H18Cl2N2O2S. The molecule has 2 N–H and O–H groups in total. The van der Waals surface area contributed by atoms with Crippen molar-refractivity contribution < 1.29 is 8.42 Å². The zero-order chi connectivity index (χ0) is 14.9. The predicted octanol–water partition coefficient (Wildman–Crippen LogP) is 3.02. The second-order valence-electron chi connectivity index (χ2n) is 5.04. The van der Waals surface area contributed by atoms with Gasteiger partial charge in [0.25, 0.3) is 0 Å². The lowest BCUT2D eigenvalue weighted by Gasteiger charge is -2.24. The van der Waals surface area contributed by atoms with Crippen LogP contribution in [-0.2, 0) is 16.6 Å². The molecule has 2 rings (SSSR count). The van der Waals surface area contributed by atoms with Gasteiger partial charge in [-0.2, -0.15) is 4.31 Å². The Bertz CT molecular complexity index is 599. The number of nitrogens with zero attached hydrogens (tertiary/aromatic N) is 1. The summed E-state index contributed by atoms with van der Waals surface area (Å²) in [6, 6.07) is 2.97. The van der Waals surface area contributed by atoms with E-state index in [1.165, 1.54) is 16.4 Å². The molecule has 112 valence electrons. The maximum absolute atomic E-state index is 12.7. The van der Waals surface area contributed by atoms with Crippen molar-refractivity contribution in [2.75, 3.05) is 7.05 Å². The van der Waals surface area contributed by atoms with E-state index in [1.807, 2.05) is 0 Å². The molecule has 1 aromatic rings. The van der Waals surface area contributed by atoms with Gasteiger partial charge >= 0.3 is 0 Å². The molecule has 1 saturated carbocycles. The highest BCUT2D eigenvalue weighted by Crippen LogP contribution is 2.33. The first kappa shape index (κ1) is 16.0. The van der Waals surface area contributed by atoms with Crippen molar-refractivity contribution >= 4 is 33.2 Å².